The number of pyridine rings is 1. The number of benzene rings is 3. The summed E-state index contributed by atoms with van der Waals surface area (Å²) in [5.41, 5.74) is 3.10. The Morgan fingerprint density at radius 3 is 2.18 bits per heavy atom. The molecule has 9 heteroatoms. The fourth-order valence-corrected chi connectivity index (χ4v) is 4.71. The van der Waals surface area contributed by atoms with Gasteiger partial charge in [0.15, 0.2) is 0 Å². The first kappa shape index (κ1) is 32.2. The van der Waals surface area contributed by atoms with Crippen molar-refractivity contribution in [1.29, 1.82) is 0 Å². The second-order valence-electron chi connectivity index (χ2n) is 10.4. The topological polar surface area (TPSA) is 65.5 Å². The lowest BCUT2D eigenvalue weighted by Gasteiger charge is -2.33. The third-order valence-corrected chi connectivity index (χ3v) is 7.21. The Labute approximate surface area is 255 Å². The van der Waals surface area contributed by atoms with E-state index in [0.29, 0.717) is 18.7 Å². The van der Waals surface area contributed by atoms with Crippen LogP contribution in [-0.2, 0) is 28.7 Å². The number of hydrogen-bond donors (Lipinski definition) is 1. The Balaban J connectivity index is 1.67. The van der Waals surface area contributed by atoms with E-state index in [1.165, 1.54) is 29.2 Å². The number of rotatable bonds is 12. The number of amides is 2. The van der Waals surface area contributed by atoms with E-state index in [9.17, 15) is 22.8 Å². The standard InChI is InChI=1S/C35H35F3N4O2/c1-39-22-23-41(2)34(44)32(24-27-8-4-3-5-9-27)42(25-28-11-16-29(17-12-28)31-10-6-7-21-40-31)33(43)20-15-26-13-18-30(19-14-26)35(36,37)38/h3-21,32,39H,22-25H2,1-2H3/t32-/m0/s1. The van der Waals surface area contributed by atoms with Crippen molar-refractivity contribution in [3.63, 3.8) is 0 Å². The minimum Gasteiger partial charge on any atom is -0.343 e. The summed E-state index contributed by atoms with van der Waals surface area (Å²) in [5, 5.41) is 3.04. The predicted octanol–water partition coefficient (Wildman–Crippen LogP) is 6.10. The van der Waals surface area contributed by atoms with Gasteiger partial charge in [-0.25, -0.2) is 0 Å². The molecule has 0 spiro atoms. The smallest absolute Gasteiger partial charge is 0.343 e. The van der Waals surface area contributed by atoms with Gasteiger partial charge in [0.1, 0.15) is 6.04 Å². The van der Waals surface area contributed by atoms with Crippen molar-refractivity contribution in [2.45, 2.75) is 25.2 Å². The van der Waals surface area contributed by atoms with Gasteiger partial charge in [0.2, 0.25) is 11.8 Å². The van der Waals surface area contributed by atoms with Crippen LogP contribution in [0.25, 0.3) is 17.3 Å². The van der Waals surface area contributed by atoms with Gasteiger partial charge in [-0.05, 0) is 54.1 Å². The Hall–Kier alpha value is -4.76. The number of halogens is 3. The molecule has 0 aliphatic rings. The molecule has 6 nitrogen and oxygen atoms in total. The third-order valence-electron chi connectivity index (χ3n) is 7.21. The fourth-order valence-electron chi connectivity index (χ4n) is 4.71. The number of nitrogens with zero attached hydrogens (tertiary/aromatic N) is 3. The average Bonchev–Trinajstić information content (AvgIpc) is 3.04. The highest BCUT2D eigenvalue weighted by molar-refractivity contribution is 5.95. The molecule has 3 aromatic carbocycles. The number of carbonyl (C=O) groups is 2. The molecule has 0 unspecified atom stereocenters. The lowest BCUT2D eigenvalue weighted by molar-refractivity contribution is -0.143. The van der Waals surface area contributed by atoms with Crippen LogP contribution in [0.3, 0.4) is 0 Å². The van der Waals surface area contributed by atoms with E-state index in [4.69, 9.17) is 0 Å². The highest BCUT2D eigenvalue weighted by Crippen LogP contribution is 2.29. The number of alkyl halides is 3. The molecular weight excluding hydrogens is 565 g/mol. The number of carbonyl (C=O) groups excluding carboxylic acids is 2. The van der Waals surface area contributed by atoms with Crippen LogP contribution in [0, 0.1) is 0 Å². The maximum atomic E-state index is 13.9. The molecule has 1 heterocycles. The van der Waals surface area contributed by atoms with Crippen molar-refractivity contribution in [2.75, 3.05) is 27.2 Å². The Morgan fingerprint density at radius 2 is 1.57 bits per heavy atom. The number of nitrogens with one attached hydrogen (secondary N) is 1. The van der Waals surface area contributed by atoms with Gasteiger partial charge in [-0.15, -0.1) is 0 Å². The molecule has 44 heavy (non-hydrogen) atoms. The molecule has 0 saturated carbocycles. The molecule has 2 amide bonds. The Kier molecular flexibility index (Phi) is 11.0. The van der Waals surface area contributed by atoms with Crippen LogP contribution in [-0.4, -0.2) is 59.8 Å². The largest absolute Gasteiger partial charge is 0.416 e. The zero-order valence-corrected chi connectivity index (χ0v) is 24.7. The molecule has 0 bridgehead atoms. The second-order valence-corrected chi connectivity index (χ2v) is 10.4. The summed E-state index contributed by atoms with van der Waals surface area (Å²) < 4.78 is 39.1. The van der Waals surface area contributed by atoms with Gasteiger partial charge < -0.3 is 15.1 Å². The van der Waals surface area contributed by atoms with Gasteiger partial charge in [-0.1, -0.05) is 72.8 Å². The van der Waals surface area contributed by atoms with Crippen LogP contribution >= 0.6 is 0 Å². The zero-order chi connectivity index (χ0) is 31.5. The fraction of sp³-hybridized carbons (Fsp3) is 0.229. The number of likely N-dealkylation sites (N-methyl/N-ethyl adjacent to an activating group) is 2. The summed E-state index contributed by atoms with van der Waals surface area (Å²) in [7, 11) is 3.51. The molecule has 4 rings (SSSR count). The molecule has 0 aliphatic carbocycles. The first-order valence-corrected chi connectivity index (χ1v) is 14.3. The predicted molar refractivity (Wildman–Crippen MR) is 166 cm³/mol. The van der Waals surface area contributed by atoms with Crippen molar-refractivity contribution in [3.8, 4) is 11.3 Å². The van der Waals surface area contributed by atoms with Gasteiger partial charge in [0, 0.05) is 50.9 Å². The molecular formula is C35H35F3N4O2. The van der Waals surface area contributed by atoms with Crippen LogP contribution in [0.15, 0.2) is 109 Å². The first-order valence-electron chi connectivity index (χ1n) is 14.3. The maximum Gasteiger partial charge on any atom is 0.416 e. The van der Waals surface area contributed by atoms with E-state index in [2.05, 4.69) is 10.3 Å². The minimum atomic E-state index is -4.45. The third kappa shape index (κ3) is 8.87. The highest BCUT2D eigenvalue weighted by Gasteiger charge is 2.32. The monoisotopic (exact) mass is 600 g/mol. The minimum absolute atomic E-state index is 0.141. The van der Waals surface area contributed by atoms with Crippen molar-refractivity contribution < 1.29 is 22.8 Å². The molecule has 0 fully saturated rings. The first-order chi connectivity index (χ1) is 21.2. The summed E-state index contributed by atoms with van der Waals surface area (Å²) in [4.78, 5) is 35.3. The molecule has 0 radical (unpaired) electrons. The van der Waals surface area contributed by atoms with Crippen molar-refractivity contribution >= 4 is 17.9 Å². The second kappa shape index (κ2) is 15.1. The zero-order valence-electron chi connectivity index (χ0n) is 24.7. The average molecular weight is 601 g/mol. The summed E-state index contributed by atoms with van der Waals surface area (Å²) in [6.07, 6.45) is 0.329. The van der Waals surface area contributed by atoms with Gasteiger partial charge in [-0.3, -0.25) is 14.6 Å². The quantitative estimate of drug-likeness (QED) is 0.200. The lowest BCUT2D eigenvalue weighted by atomic mass is 10.0. The Morgan fingerprint density at radius 1 is 0.886 bits per heavy atom. The van der Waals surface area contributed by atoms with E-state index in [-0.39, 0.29) is 18.9 Å². The summed E-state index contributed by atoms with van der Waals surface area (Å²) >= 11 is 0. The lowest BCUT2D eigenvalue weighted by Crippen LogP contribution is -2.51. The SMILES string of the molecule is CNCCN(C)C(=O)[C@H](Cc1ccccc1)N(Cc1ccc(-c2ccccn2)cc1)C(=O)C=Cc1ccc(C(F)(F)F)cc1. The van der Waals surface area contributed by atoms with Gasteiger partial charge in [-0.2, -0.15) is 13.2 Å². The van der Waals surface area contributed by atoms with Crippen molar-refractivity contribution in [2.24, 2.45) is 0 Å². The van der Waals surface area contributed by atoms with Gasteiger partial charge >= 0.3 is 6.18 Å². The molecule has 0 aliphatic heterocycles. The van der Waals surface area contributed by atoms with Crippen LogP contribution in [0.2, 0.25) is 0 Å². The van der Waals surface area contributed by atoms with E-state index in [1.54, 1.807) is 25.2 Å². The van der Waals surface area contributed by atoms with E-state index < -0.39 is 23.7 Å². The summed E-state index contributed by atoms with van der Waals surface area (Å²) in [5.74, 6) is -0.652. The number of aromatic nitrogens is 1. The van der Waals surface area contributed by atoms with Crippen LogP contribution in [0.5, 0.6) is 0 Å². The summed E-state index contributed by atoms with van der Waals surface area (Å²) in [6, 6.07) is 26.5. The van der Waals surface area contributed by atoms with E-state index in [1.807, 2.05) is 72.8 Å². The van der Waals surface area contributed by atoms with Crippen LogP contribution in [0.1, 0.15) is 22.3 Å². The highest BCUT2D eigenvalue weighted by atomic mass is 19.4. The molecule has 0 saturated heterocycles. The van der Waals surface area contributed by atoms with E-state index in [0.717, 1.165) is 34.5 Å². The summed E-state index contributed by atoms with van der Waals surface area (Å²) in [6.45, 7) is 1.17. The van der Waals surface area contributed by atoms with Gasteiger partial charge in [0.05, 0.1) is 11.3 Å². The molecule has 1 atom stereocenters. The molecule has 1 N–H and O–H groups in total. The van der Waals surface area contributed by atoms with Crippen molar-refractivity contribution in [3.05, 3.63) is 132 Å². The molecule has 1 aromatic heterocycles. The Bertz CT molecular complexity index is 1520. The van der Waals surface area contributed by atoms with Crippen LogP contribution in [0.4, 0.5) is 13.2 Å². The van der Waals surface area contributed by atoms with Gasteiger partial charge in [0.25, 0.3) is 0 Å². The van der Waals surface area contributed by atoms with Crippen LogP contribution < -0.4 is 5.32 Å². The maximum absolute atomic E-state index is 13.9. The normalized spacial score (nSPS) is 12.2. The van der Waals surface area contributed by atoms with E-state index >= 15 is 0 Å². The number of hydrogen-bond acceptors (Lipinski definition) is 4. The molecule has 228 valence electrons. The molecule has 4 aromatic rings. The van der Waals surface area contributed by atoms with Crippen molar-refractivity contribution in [1.82, 2.24) is 20.1 Å².